The second-order valence-electron chi connectivity index (χ2n) is 7.90. The van der Waals surface area contributed by atoms with E-state index < -0.39 is 29.4 Å². The summed E-state index contributed by atoms with van der Waals surface area (Å²) < 4.78 is 15.9. The predicted octanol–water partition coefficient (Wildman–Crippen LogP) is 4.89. The molecule has 0 amide bonds. The number of rotatable bonds is 4. The summed E-state index contributed by atoms with van der Waals surface area (Å²) in [6.07, 6.45) is -1.85. The van der Waals surface area contributed by atoms with E-state index in [2.05, 4.69) is 6.58 Å². The van der Waals surface area contributed by atoms with Crippen molar-refractivity contribution < 1.29 is 23.8 Å². The van der Waals surface area contributed by atoms with Gasteiger partial charge in [-0.15, -0.1) is 0 Å². The first-order valence-corrected chi connectivity index (χ1v) is 8.17. The van der Waals surface area contributed by atoms with Crippen molar-refractivity contribution in [2.75, 3.05) is 0 Å². The topological polar surface area (TPSA) is 61.8 Å². The van der Waals surface area contributed by atoms with Crippen LogP contribution in [0.3, 0.4) is 0 Å². The summed E-state index contributed by atoms with van der Waals surface area (Å²) in [5.41, 5.74) is 0.241. The Hall–Kier alpha value is -2.30. The molecule has 0 aliphatic rings. The van der Waals surface area contributed by atoms with Gasteiger partial charge in [-0.1, -0.05) is 36.4 Å². The Bertz CT molecular complexity index is 647. The van der Waals surface area contributed by atoms with Gasteiger partial charge in [0, 0.05) is 0 Å². The van der Waals surface area contributed by atoms with Gasteiger partial charge >= 0.3 is 12.1 Å². The molecule has 5 nitrogen and oxygen atoms in total. The monoisotopic (exact) mass is 348 g/mol. The maximum Gasteiger partial charge on any atom is 0.509 e. The van der Waals surface area contributed by atoms with Crippen molar-refractivity contribution >= 4 is 12.1 Å². The molecule has 1 aromatic carbocycles. The van der Waals surface area contributed by atoms with Crippen LogP contribution < -0.4 is 0 Å². The van der Waals surface area contributed by atoms with Crippen molar-refractivity contribution in [2.45, 2.75) is 65.8 Å². The van der Waals surface area contributed by atoms with E-state index in [0.717, 1.165) is 5.56 Å². The minimum absolute atomic E-state index is 0.0337. The lowest BCUT2D eigenvalue weighted by molar-refractivity contribution is -0.151. The maximum atomic E-state index is 12.4. The third kappa shape index (κ3) is 7.42. The van der Waals surface area contributed by atoms with Gasteiger partial charge in [0.25, 0.3) is 0 Å². The molecule has 0 radical (unpaired) electrons. The molecule has 0 fully saturated rings. The van der Waals surface area contributed by atoms with Gasteiger partial charge < -0.3 is 14.2 Å². The number of benzene rings is 1. The molecule has 0 aromatic heterocycles. The molecular weight excluding hydrogens is 320 g/mol. The number of hydrogen-bond donors (Lipinski definition) is 0. The van der Waals surface area contributed by atoms with Gasteiger partial charge in [-0.3, -0.25) is 0 Å². The molecule has 138 valence electrons. The van der Waals surface area contributed by atoms with Crippen LogP contribution in [-0.4, -0.2) is 23.3 Å². The molecule has 1 unspecified atom stereocenters. The van der Waals surface area contributed by atoms with Crippen molar-refractivity contribution in [3.8, 4) is 0 Å². The summed E-state index contributed by atoms with van der Waals surface area (Å²) in [6, 6.07) is 7.31. The lowest BCUT2D eigenvalue weighted by atomic mass is 10.0. The molecule has 5 heteroatoms. The lowest BCUT2D eigenvalue weighted by Crippen LogP contribution is -2.29. The Labute approximate surface area is 150 Å². The van der Waals surface area contributed by atoms with Crippen LogP contribution in [0.25, 0.3) is 0 Å². The third-order valence-electron chi connectivity index (χ3n) is 2.93. The Morgan fingerprint density at radius 2 is 1.56 bits per heavy atom. The van der Waals surface area contributed by atoms with Gasteiger partial charge in [-0.25, -0.2) is 9.59 Å². The van der Waals surface area contributed by atoms with Crippen LogP contribution in [0.15, 0.2) is 36.4 Å². The second kappa shape index (κ2) is 7.72. The normalized spacial score (nSPS) is 12.9. The Morgan fingerprint density at radius 1 is 1.00 bits per heavy atom. The highest BCUT2D eigenvalue weighted by atomic mass is 16.7. The highest BCUT2D eigenvalue weighted by Crippen LogP contribution is 2.29. The van der Waals surface area contributed by atoms with E-state index in [1.165, 1.54) is 0 Å². The number of carbonyl (C=O) groups excluding carboxylic acids is 2. The number of aryl methyl sites for hydroxylation is 1. The molecule has 0 spiro atoms. The summed E-state index contributed by atoms with van der Waals surface area (Å²) in [6.45, 7) is 16.2. The third-order valence-corrected chi connectivity index (χ3v) is 2.93. The number of carbonyl (C=O) groups is 2. The molecule has 1 rings (SSSR count). The molecule has 0 heterocycles. The standard InChI is InChI=1S/C20H28O5/c1-13-10-9-11-15(12-13)16(23-18(22)25-20(6,7)8)14(2)17(21)24-19(3,4)5/h9-12,16H,2H2,1,3-8H3. The molecule has 0 aliphatic carbocycles. The van der Waals surface area contributed by atoms with Crippen molar-refractivity contribution in [1.82, 2.24) is 0 Å². The number of ether oxygens (including phenoxy) is 3. The predicted molar refractivity (Wildman–Crippen MR) is 96.2 cm³/mol. The average Bonchev–Trinajstić information content (AvgIpc) is 2.40. The largest absolute Gasteiger partial charge is 0.509 e. The maximum absolute atomic E-state index is 12.4. The first kappa shape index (κ1) is 20.7. The van der Waals surface area contributed by atoms with E-state index in [9.17, 15) is 9.59 Å². The average molecular weight is 348 g/mol. The van der Waals surface area contributed by atoms with Gasteiger partial charge in [0.1, 0.15) is 11.2 Å². The summed E-state index contributed by atoms with van der Waals surface area (Å²) in [7, 11) is 0. The van der Waals surface area contributed by atoms with Crippen LogP contribution in [0.2, 0.25) is 0 Å². The summed E-state index contributed by atoms with van der Waals surface area (Å²) in [5, 5.41) is 0. The van der Waals surface area contributed by atoms with Gasteiger partial charge in [0.2, 0.25) is 0 Å². The quantitative estimate of drug-likeness (QED) is 0.573. The minimum Gasteiger partial charge on any atom is -0.457 e. The van der Waals surface area contributed by atoms with Crippen LogP contribution in [0.5, 0.6) is 0 Å². The molecule has 0 N–H and O–H groups in total. The molecule has 0 aliphatic heterocycles. The SMILES string of the molecule is C=C(C(=O)OC(C)(C)C)C(OC(=O)OC(C)(C)C)c1cccc(C)c1. The summed E-state index contributed by atoms with van der Waals surface area (Å²) in [5.74, 6) is -0.623. The van der Waals surface area contributed by atoms with Crippen LogP contribution in [0.1, 0.15) is 58.8 Å². The Kier molecular flexibility index (Phi) is 6.41. The van der Waals surface area contributed by atoms with Gasteiger partial charge in [-0.2, -0.15) is 0 Å². The fourth-order valence-electron chi connectivity index (χ4n) is 1.99. The fraction of sp³-hybridized carbons (Fsp3) is 0.500. The van der Waals surface area contributed by atoms with E-state index in [1.54, 1.807) is 47.6 Å². The van der Waals surface area contributed by atoms with E-state index in [4.69, 9.17) is 14.2 Å². The molecule has 25 heavy (non-hydrogen) atoms. The molecule has 1 atom stereocenters. The van der Waals surface area contributed by atoms with Crippen molar-refractivity contribution in [2.24, 2.45) is 0 Å². The second-order valence-corrected chi connectivity index (χ2v) is 7.90. The lowest BCUT2D eigenvalue weighted by Gasteiger charge is -2.26. The van der Waals surface area contributed by atoms with Gasteiger partial charge in [0.05, 0.1) is 5.57 Å². The molecular formula is C20H28O5. The van der Waals surface area contributed by atoms with E-state index >= 15 is 0 Å². The van der Waals surface area contributed by atoms with Crippen molar-refractivity contribution in [3.63, 3.8) is 0 Å². The number of esters is 1. The summed E-state index contributed by atoms with van der Waals surface area (Å²) >= 11 is 0. The zero-order valence-corrected chi connectivity index (χ0v) is 16.1. The molecule has 1 aromatic rings. The zero-order chi connectivity index (χ0) is 19.4. The van der Waals surface area contributed by atoms with Gasteiger partial charge in [0.15, 0.2) is 6.10 Å². The number of hydrogen-bond acceptors (Lipinski definition) is 5. The van der Waals surface area contributed by atoms with Crippen molar-refractivity contribution in [3.05, 3.63) is 47.5 Å². The van der Waals surface area contributed by atoms with Crippen molar-refractivity contribution in [1.29, 1.82) is 0 Å². The van der Waals surface area contributed by atoms with E-state index in [-0.39, 0.29) is 5.57 Å². The highest BCUT2D eigenvalue weighted by molar-refractivity contribution is 5.89. The van der Waals surface area contributed by atoms with Crippen LogP contribution in [0, 0.1) is 6.92 Å². The smallest absolute Gasteiger partial charge is 0.457 e. The van der Waals surface area contributed by atoms with Crippen LogP contribution >= 0.6 is 0 Å². The zero-order valence-electron chi connectivity index (χ0n) is 16.1. The first-order valence-electron chi connectivity index (χ1n) is 8.17. The Balaban J connectivity index is 3.09. The van der Waals surface area contributed by atoms with Gasteiger partial charge in [-0.05, 0) is 54.0 Å². The minimum atomic E-state index is -0.982. The summed E-state index contributed by atoms with van der Waals surface area (Å²) in [4.78, 5) is 24.5. The van der Waals surface area contributed by atoms with Crippen LogP contribution in [0.4, 0.5) is 4.79 Å². The fourth-order valence-corrected chi connectivity index (χ4v) is 1.99. The first-order chi connectivity index (χ1) is 11.3. The van der Waals surface area contributed by atoms with E-state index in [1.807, 2.05) is 25.1 Å². The Morgan fingerprint density at radius 3 is 2.04 bits per heavy atom. The molecule has 0 saturated heterocycles. The molecule has 0 bridgehead atoms. The van der Waals surface area contributed by atoms with Crippen LogP contribution in [-0.2, 0) is 19.0 Å². The molecule has 0 saturated carbocycles. The highest BCUT2D eigenvalue weighted by Gasteiger charge is 2.30. The van der Waals surface area contributed by atoms with E-state index in [0.29, 0.717) is 5.56 Å².